The van der Waals surface area contributed by atoms with Crippen LogP contribution in [0.25, 0.3) is 0 Å². The first-order valence-electron chi connectivity index (χ1n) is 14.4. The van der Waals surface area contributed by atoms with Crippen LogP contribution in [0.4, 0.5) is 13.2 Å². The Labute approximate surface area is 262 Å². The monoisotopic (exact) mass is 641 g/mol. The van der Waals surface area contributed by atoms with Crippen molar-refractivity contribution in [2.45, 2.75) is 50.6 Å². The minimum absolute atomic E-state index is 0.106. The number of benzene rings is 3. The topological polar surface area (TPSA) is 107 Å². The Balaban J connectivity index is 0.000000515. The van der Waals surface area contributed by atoms with E-state index in [0.717, 1.165) is 28.7 Å². The number of amides is 3. The molecule has 6 rings (SSSR count). The van der Waals surface area contributed by atoms with Gasteiger partial charge in [-0.25, -0.2) is 4.79 Å². The van der Waals surface area contributed by atoms with E-state index in [9.17, 15) is 27.6 Å². The van der Waals surface area contributed by atoms with Gasteiger partial charge in [-0.05, 0) is 48.6 Å². The van der Waals surface area contributed by atoms with Crippen LogP contribution in [0.1, 0.15) is 41.1 Å². The molecular formula is C33H31ClF3N3O5. The Hall–Kier alpha value is -4.22. The van der Waals surface area contributed by atoms with Crippen LogP contribution >= 0.6 is 11.6 Å². The van der Waals surface area contributed by atoms with Crippen molar-refractivity contribution < 1.29 is 37.5 Å². The molecule has 0 bridgehead atoms. The smallest absolute Gasteiger partial charge is 0.475 e. The number of alkyl halides is 3. The number of hydrogen-bond acceptors (Lipinski definition) is 5. The van der Waals surface area contributed by atoms with Gasteiger partial charge in [0.2, 0.25) is 17.7 Å². The van der Waals surface area contributed by atoms with E-state index in [4.69, 9.17) is 21.5 Å². The van der Waals surface area contributed by atoms with Gasteiger partial charge in [0, 0.05) is 24.2 Å². The molecule has 0 aliphatic carbocycles. The van der Waals surface area contributed by atoms with Crippen LogP contribution in [-0.2, 0) is 32.3 Å². The molecule has 0 aromatic heterocycles. The first kappa shape index (κ1) is 32.2. The number of nitrogens with zero attached hydrogens (tertiary/aromatic N) is 2. The van der Waals surface area contributed by atoms with Gasteiger partial charge in [-0.3, -0.25) is 24.6 Å². The summed E-state index contributed by atoms with van der Waals surface area (Å²) < 4.78 is 31.7. The van der Waals surface area contributed by atoms with E-state index >= 15 is 0 Å². The minimum Gasteiger partial charge on any atom is -0.475 e. The number of carbonyl (C=O) groups is 4. The highest BCUT2D eigenvalue weighted by Crippen LogP contribution is 2.52. The molecule has 0 saturated carbocycles. The zero-order chi connectivity index (χ0) is 32.5. The Morgan fingerprint density at radius 2 is 1.53 bits per heavy atom. The van der Waals surface area contributed by atoms with Crippen molar-refractivity contribution in [2.75, 3.05) is 6.54 Å². The van der Waals surface area contributed by atoms with Crippen LogP contribution < -0.4 is 5.32 Å². The third-order valence-corrected chi connectivity index (χ3v) is 8.81. The molecule has 3 aromatic carbocycles. The lowest BCUT2D eigenvalue weighted by atomic mass is 9.74. The summed E-state index contributed by atoms with van der Waals surface area (Å²) in [5.41, 5.74) is 2.78. The highest BCUT2D eigenvalue weighted by molar-refractivity contribution is 6.30. The number of aryl methyl sites for hydroxylation is 1. The predicted molar refractivity (Wildman–Crippen MR) is 159 cm³/mol. The second-order valence-corrected chi connectivity index (χ2v) is 12.0. The molecule has 3 amide bonds. The fourth-order valence-electron chi connectivity index (χ4n) is 6.47. The Morgan fingerprint density at radius 1 is 0.933 bits per heavy atom. The third kappa shape index (κ3) is 6.46. The molecule has 45 heavy (non-hydrogen) atoms. The van der Waals surface area contributed by atoms with Crippen molar-refractivity contribution in [3.8, 4) is 0 Å². The number of rotatable bonds is 5. The second kappa shape index (κ2) is 12.6. The number of carboxylic acid groups (broad SMARTS) is 1. The van der Waals surface area contributed by atoms with E-state index in [-0.39, 0.29) is 24.3 Å². The number of carboxylic acids is 1. The van der Waals surface area contributed by atoms with Crippen molar-refractivity contribution in [2.24, 2.45) is 11.8 Å². The van der Waals surface area contributed by atoms with E-state index in [1.165, 1.54) is 4.90 Å². The van der Waals surface area contributed by atoms with E-state index in [0.29, 0.717) is 24.5 Å². The molecule has 8 nitrogen and oxygen atoms in total. The summed E-state index contributed by atoms with van der Waals surface area (Å²) in [5.74, 6) is -4.70. The van der Waals surface area contributed by atoms with Gasteiger partial charge < -0.3 is 10.0 Å². The van der Waals surface area contributed by atoms with Crippen LogP contribution in [0.5, 0.6) is 0 Å². The number of nitrogens with one attached hydrogen (secondary N) is 1. The lowest BCUT2D eigenvalue weighted by molar-refractivity contribution is -0.192. The van der Waals surface area contributed by atoms with Crippen LogP contribution in [0.3, 0.4) is 0 Å². The summed E-state index contributed by atoms with van der Waals surface area (Å²) >= 11 is 6.06. The summed E-state index contributed by atoms with van der Waals surface area (Å²) in [5, 5.41) is 11.4. The fourth-order valence-corrected chi connectivity index (χ4v) is 6.60. The second-order valence-electron chi connectivity index (χ2n) is 11.5. The quantitative estimate of drug-likeness (QED) is 0.367. The number of hydrogen-bond donors (Lipinski definition) is 2. The van der Waals surface area contributed by atoms with Crippen molar-refractivity contribution in [1.82, 2.24) is 15.1 Å². The maximum atomic E-state index is 14.3. The SMILES string of the molecule is Cc1ccc([C@H]2N[C@]3(CCCN(Cc4ccc(Cl)cc4)C3=O)[C@H]3C(=O)N(Cc4ccccc4)C(=O)[C@@H]23)cc1.O=C(O)C(F)(F)F. The van der Waals surface area contributed by atoms with Gasteiger partial charge in [-0.2, -0.15) is 13.2 Å². The van der Waals surface area contributed by atoms with Gasteiger partial charge in [0.1, 0.15) is 5.54 Å². The van der Waals surface area contributed by atoms with Crippen molar-refractivity contribution >= 4 is 35.3 Å². The Kier molecular flexibility index (Phi) is 9.04. The molecular weight excluding hydrogens is 611 g/mol. The number of likely N-dealkylation sites (tertiary alicyclic amines) is 2. The number of fused-ring (bicyclic) bond motifs is 2. The summed E-state index contributed by atoms with van der Waals surface area (Å²) in [7, 11) is 0. The molecule has 2 N–H and O–H groups in total. The predicted octanol–water partition coefficient (Wildman–Crippen LogP) is 5.29. The first-order chi connectivity index (χ1) is 21.3. The number of halogens is 4. The summed E-state index contributed by atoms with van der Waals surface area (Å²) in [6.07, 6.45) is -3.82. The molecule has 3 aliphatic heterocycles. The van der Waals surface area contributed by atoms with E-state index in [1.54, 1.807) is 0 Å². The molecule has 12 heteroatoms. The van der Waals surface area contributed by atoms with E-state index in [2.05, 4.69) is 5.32 Å². The van der Waals surface area contributed by atoms with Crippen LogP contribution in [-0.4, -0.2) is 56.9 Å². The Bertz CT molecular complexity index is 1580. The van der Waals surface area contributed by atoms with Crippen LogP contribution in [0, 0.1) is 18.8 Å². The van der Waals surface area contributed by atoms with Crippen molar-refractivity contribution in [1.29, 1.82) is 0 Å². The van der Waals surface area contributed by atoms with Crippen molar-refractivity contribution in [3.05, 3.63) is 106 Å². The largest absolute Gasteiger partial charge is 0.490 e. The van der Waals surface area contributed by atoms with Gasteiger partial charge in [-0.15, -0.1) is 0 Å². The fraction of sp³-hybridized carbons (Fsp3) is 0.333. The molecule has 4 atom stereocenters. The standard InChI is InChI=1S/C31H30ClN3O3.C2HF3O2/c1-20-8-12-23(13-9-20)27-25-26(29(37)35(28(25)36)19-21-6-3-2-4-7-21)31(33-27)16-5-17-34(30(31)38)18-22-10-14-24(32)15-11-22;3-2(4,5)1(6)7/h2-4,6-15,25-27,33H,5,16-19H2,1H3;(H,6,7)/t25-,26-,27-,31-;/m1./s1. The molecule has 3 aromatic rings. The molecule has 0 radical (unpaired) electrons. The lowest BCUT2D eigenvalue weighted by Gasteiger charge is -2.42. The molecule has 0 unspecified atom stereocenters. The number of piperidine rings is 1. The summed E-state index contributed by atoms with van der Waals surface area (Å²) in [6, 6.07) is 24.6. The summed E-state index contributed by atoms with van der Waals surface area (Å²) in [4.78, 5) is 54.3. The normalized spacial score (nSPS) is 24.5. The maximum Gasteiger partial charge on any atom is 0.490 e. The highest BCUT2D eigenvalue weighted by atomic mass is 35.5. The third-order valence-electron chi connectivity index (χ3n) is 8.56. The van der Waals surface area contributed by atoms with Gasteiger partial charge >= 0.3 is 12.1 Å². The molecule has 3 saturated heterocycles. The molecule has 3 heterocycles. The average molecular weight is 642 g/mol. The van der Waals surface area contributed by atoms with Gasteiger partial charge in [0.25, 0.3) is 0 Å². The molecule has 3 fully saturated rings. The van der Waals surface area contributed by atoms with E-state index < -0.39 is 35.6 Å². The molecule has 236 valence electrons. The van der Waals surface area contributed by atoms with E-state index in [1.807, 2.05) is 90.7 Å². The van der Waals surface area contributed by atoms with Gasteiger partial charge in [-0.1, -0.05) is 83.9 Å². The number of aliphatic carboxylic acids is 1. The molecule has 3 aliphatic rings. The zero-order valence-corrected chi connectivity index (χ0v) is 25.0. The van der Waals surface area contributed by atoms with Crippen molar-refractivity contribution in [3.63, 3.8) is 0 Å². The van der Waals surface area contributed by atoms with Gasteiger partial charge in [0.15, 0.2) is 0 Å². The molecule has 1 spiro atoms. The highest BCUT2D eigenvalue weighted by Gasteiger charge is 2.69. The maximum absolute atomic E-state index is 14.3. The summed E-state index contributed by atoms with van der Waals surface area (Å²) in [6.45, 7) is 3.27. The minimum atomic E-state index is -5.08. The Morgan fingerprint density at radius 3 is 2.13 bits per heavy atom. The number of carbonyl (C=O) groups excluding carboxylic acids is 3. The van der Waals surface area contributed by atoms with Crippen LogP contribution in [0.15, 0.2) is 78.9 Å². The lowest BCUT2D eigenvalue weighted by Crippen LogP contribution is -2.63. The van der Waals surface area contributed by atoms with Gasteiger partial charge in [0.05, 0.1) is 18.4 Å². The zero-order valence-electron chi connectivity index (χ0n) is 24.3. The van der Waals surface area contributed by atoms with Crippen LogP contribution in [0.2, 0.25) is 5.02 Å². The number of imide groups is 1. The average Bonchev–Trinajstić information content (AvgIpc) is 3.47. The first-order valence-corrected chi connectivity index (χ1v) is 14.8.